The van der Waals surface area contributed by atoms with Crippen molar-refractivity contribution in [3.8, 4) is 0 Å². The van der Waals surface area contributed by atoms with E-state index in [0.717, 1.165) is 28.7 Å². The quantitative estimate of drug-likeness (QED) is 0.835. The van der Waals surface area contributed by atoms with Crippen LogP contribution in [0, 0.1) is 5.92 Å². The van der Waals surface area contributed by atoms with Crippen molar-refractivity contribution >= 4 is 23.6 Å². The number of nitrogens with zero attached hydrogens (tertiary/aromatic N) is 1. The number of nitrogens with two attached hydrogens (primary N) is 1. The van der Waals surface area contributed by atoms with Gasteiger partial charge in [-0.3, -0.25) is 9.59 Å². The molecule has 5 nitrogen and oxygen atoms in total. The zero-order valence-corrected chi connectivity index (χ0v) is 15.9. The highest BCUT2D eigenvalue weighted by Crippen LogP contribution is 2.29. The summed E-state index contributed by atoms with van der Waals surface area (Å²) in [4.78, 5) is 28.2. The molecule has 3 N–H and O–H groups in total. The fourth-order valence-electron chi connectivity index (χ4n) is 3.96. The highest BCUT2D eigenvalue weighted by molar-refractivity contribution is 7.99. The van der Waals surface area contributed by atoms with Crippen LogP contribution in [-0.2, 0) is 0 Å². The third-order valence-corrected chi connectivity index (χ3v) is 6.27. The molecule has 2 amide bonds. The molecule has 0 radical (unpaired) electrons. The summed E-state index contributed by atoms with van der Waals surface area (Å²) < 4.78 is 0. The second kappa shape index (κ2) is 7.74. The van der Waals surface area contributed by atoms with Crippen LogP contribution in [0.25, 0.3) is 0 Å². The van der Waals surface area contributed by atoms with Crippen molar-refractivity contribution in [2.24, 2.45) is 11.7 Å². The summed E-state index contributed by atoms with van der Waals surface area (Å²) in [6.07, 6.45) is 2.35. The van der Waals surface area contributed by atoms with E-state index in [9.17, 15) is 9.59 Å². The van der Waals surface area contributed by atoms with E-state index in [0.29, 0.717) is 11.1 Å². The molecule has 2 heterocycles. The van der Waals surface area contributed by atoms with Crippen LogP contribution in [-0.4, -0.2) is 42.4 Å². The minimum atomic E-state index is -0.433. The van der Waals surface area contributed by atoms with Crippen molar-refractivity contribution < 1.29 is 9.59 Å². The average Bonchev–Trinajstić information content (AvgIpc) is 3.01. The monoisotopic (exact) mass is 381 g/mol. The first kappa shape index (κ1) is 18.1. The number of hydrogen-bond acceptors (Lipinski definition) is 4. The maximum atomic E-state index is 12.5. The standard InChI is InChI=1S/C21H23N3O2S/c22-20(25)16-2-1-3-19(11-16)27-18-6-4-15(5-7-18)21(26)23-17-10-14-8-9-24(12-14)13-17/h1-7,11,14,17H,8-10,12-13H2,(H2,22,25)(H,23,26). The highest BCUT2D eigenvalue weighted by atomic mass is 32.2. The summed E-state index contributed by atoms with van der Waals surface area (Å²) in [7, 11) is 0. The van der Waals surface area contributed by atoms with Gasteiger partial charge in [0.15, 0.2) is 0 Å². The Morgan fingerprint density at radius 2 is 1.85 bits per heavy atom. The van der Waals surface area contributed by atoms with E-state index in [1.165, 1.54) is 31.3 Å². The number of piperidine rings is 1. The third kappa shape index (κ3) is 4.34. The number of benzene rings is 2. The van der Waals surface area contributed by atoms with Crippen molar-refractivity contribution in [2.75, 3.05) is 19.6 Å². The molecule has 0 aromatic heterocycles. The molecule has 2 aromatic carbocycles. The van der Waals surface area contributed by atoms with Gasteiger partial charge in [-0.1, -0.05) is 17.8 Å². The van der Waals surface area contributed by atoms with Gasteiger partial charge in [0.25, 0.3) is 5.91 Å². The highest BCUT2D eigenvalue weighted by Gasteiger charge is 2.32. The van der Waals surface area contributed by atoms with Gasteiger partial charge in [0.05, 0.1) is 0 Å². The van der Waals surface area contributed by atoms with Crippen LogP contribution in [0.4, 0.5) is 0 Å². The fraction of sp³-hybridized carbons (Fsp3) is 0.333. The summed E-state index contributed by atoms with van der Waals surface area (Å²) >= 11 is 1.54. The Labute approximate surface area is 163 Å². The number of hydrogen-bond donors (Lipinski definition) is 2. The normalized spacial score (nSPS) is 23.8. The van der Waals surface area contributed by atoms with E-state index in [1.54, 1.807) is 12.1 Å². The van der Waals surface area contributed by atoms with E-state index in [2.05, 4.69) is 10.2 Å². The molecule has 3 atom stereocenters. The molecule has 2 saturated heterocycles. The van der Waals surface area contributed by atoms with E-state index >= 15 is 0 Å². The third-order valence-electron chi connectivity index (χ3n) is 5.27. The molecule has 2 aliphatic rings. The summed E-state index contributed by atoms with van der Waals surface area (Å²) in [6.45, 7) is 3.32. The lowest BCUT2D eigenvalue weighted by Crippen LogP contribution is -2.47. The molecule has 6 heteroatoms. The Morgan fingerprint density at radius 1 is 1.04 bits per heavy atom. The molecule has 140 valence electrons. The number of rotatable bonds is 5. The maximum Gasteiger partial charge on any atom is 0.251 e. The van der Waals surface area contributed by atoms with Crippen molar-refractivity contribution in [3.05, 3.63) is 59.7 Å². The Morgan fingerprint density at radius 3 is 2.59 bits per heavy atom. The van der Waals surface area contributed by atoms with E-state index in [1.807, 2.05) is 36.4 Å². The molecule has 27 heavy (non-hydrogen) atoms. The minimum Gasteiger partial charge on any atom is -0.366 e. The van der Waals surface area contributed by atoms with E-state index < -0.39 is 5.91 Å². The van der Waals surface area contributed by atoms with Crippen LogP contribution in [0.5, 0.6) is 0 Å². The second-order valence-electron chi connectivity index (χ2n) is 7.34. The van der Waals surface area contributed by atoms with E-state index in [-0.39, 0.29) is 11.9 Å². The minimum absolute atomic E-state index is 0.00484. The maximum absolute atomic E-state index is 12.5. The van der Waals surface area contributed by atoms with Gasteiger partial charge < -0.3 is 16.0 Å². The zero-order valence-electron chi connectivity index (χ0n) is 15.1. The molecule has 0 spiro atoms. The molecular weight excluding hydrogens is 358 g/mol. The van der Waals surface area contributed by atoms with Gasteiger partial charge in [0, 0.05) is 40.0 Å². The van der Waals surface area contributed by atoms with Crippen LogP contribution in [0.1, 0.15) is 33.6 Å². The topological polar surface area (TPSA) is 75.4 Å². The number of carbonyl (C=O) groups excluding carboxylic acids is 2. The predicted octanol–water partition coefficient (Wildman–Crippen LogP) is 2.76. The van der Waals surface area contributed by atoms with Gasteiger partial charge >= 0.3 is 0 Å². The van der Waals surface area contributed by atoms with Crippen molar-refractivity contribution in [3.63, 3.8) is 0 Å². The molecule has 0 saturated carbocycles. The van der Waals surface area contributed by atoms with Crippen LogP contribution < -0.4 is 11.1 Å². The Bertz CT molecular complexity index is 841. The van der Waals surface area contributed by atoms with Gasteiger partial charge in [0.1, 0.15) is 0 Å². The lowest BCUT2D eigenvalue weighted by atomic mass is 9.96. The van der Waals surface area contributed by atoms with Gasteiger partial charge in [-0.2, -0.15) is 0 Å². The molecular formula is C21H23N3O2S. The first-order valence-corrected chi connectivity index (χ1v) is 10.1. The molecule has 0 aliphatic carbocycles. The molecule has 2 fully saturated rings. The number of nitrogens with one attached hydrogen (secondary N) is 1. The number of fused-ring (bicyclic) bond motifs is 2. The first-order valence-electron chi connectivity index (χ1n) is 9.28. The molecule has 4 rings (SSSR count). The van der Waals surface area contributed by atoms with Gasteiger partial charge in [-0.25, -0.2) is 0 Å². The summed E-state index contributed by atoms with van der Waals surface area (Å²) in [5.74, 6) is 0.297. The molecule has 2 aliphatic heterocycles. The van der Waals surface area contributed by atoms with Gasteiger partial charge in [-0.15, -0.1) is 0 Å². The lowest BCUT2D eigenvalue weighted by Gasteiger charge is -2.30. The van der Waals surface area contributed by atoms with Crippen molar-refractivity contribution in [1.82, 2.24) is 10.2 Å². The molecule has 2 bridgehead atoms. The number of carbonyl (C=O) groups is 2. The van der Waals surface area contributed by atoms with Gasteiger partial charge in [-0.05, 0) is 67.8 Å². The fourth-order valence-corrected chi connectivity index (χ4v) is 4.83. The average molecular weight is 382 g/mol. The zero-order chi connectivity index (χ0) is 18.8. The van der Waals surface area contributed by atoms with Crippen LogP contribution in [0.2, 0.25) is 0 Å². The molecule has 2 aromatic rings. The lowest BCUT2D eigenvalue weighted by molar-refractivity contribution is 0.0908. The SMILES string of the molecule is NC(=O)c1cccc(Sc2ccc(C(=O)NC3CC4CCN(C4)C3)cc2)c1. The van der Waals surface area contributed by atoms with Gasteiger partial charge in [0.2, 0.25) is 5.91 Å². The summed E-state index contributed by atoms with van der Waals surface area (Å²) in [5.41, 5.74) is 6.50. The summed E-state index contributed by atoms with van der Waals surface area (Å²) in [5, 5.41) is 3.19. The summed E-state index contributed by atoms with van der Waals surface area (Å²) in [6, 6.07) is 15.1. The largest absolute Gasteiger partial charge is 0.366 e. The van der Waals surface area contributed by atoms with Crippen LogP contribution >= 0.6 is 11.8 Å². The smallest absolute Gasteiger partial charge is 0.251 e. The van der Waals surface area contributed by atoms with Crippen LogP contribution in [0.15, 0.2) is 58.3 Å². The second-order valence-corrected chi connectivity index (χ2v) is 8.49. The Balaban J connectivity index is 1.37. The van der Waals surface area contributed by atoms with Crippen molar-refractivity contribution in [2.45, 2.75) is 28.7 Å². The predicted molar refractivity (Wildman–Crippen MR) is 106 cm³/mol. The first-order chi connectivity index (χ1) is 13.1. The van der Waals surface area contributed by atoms with Crippen LogP contribution in [0.3, 0.4) is 0 Å². The Hall–Kier alpha value is -2.31. The number of primary amides is 1. The molecule has 3 unspecified atom stereocenters. The number of amides is 2. The van der Waals surface area contributed by atoms with Crippen molar-refractivity contribution in [1.29, 1.82) is 0 Å². The Kier molecular flexibility index (Phi) is 5.18. The van der Waals surface area contributed by atoms with E-state index in [4.69, 9.17) is 5.73 Å².